The van der Waals surface area contributed by atoms with E-state index in [0.29, 0.717) is 13.1 Å². The molecule has 0 saturated carbocycles. The van der Waals surface area contributed by atoms with Crippen LogP contribution in [0.15, 0.2) is 0 Å². The van der Waals surface area contributed by atoms with E-state index in [0.717, 1.165) is 19.6 Å². The van der Waals surface area contributed by atoms with Crippen LogP contribution in [-0.4, -0.2) is 66.7 Å². The van der Waals surface area contributed by atoms with Crippen LogP contribution in [0.4, 0.5) is 0 Å². The van der Waals surface area contributed by atoms with Gasteiger partial charge in [0.25, 0.3) is 0 Å². The molecule has 5 heteroatoms. The Balaban J connectivity index is 2.62. The number of carbonyl (C=O) groups is 1. The molecule has 0 amide bonds. The Morgan fingerprint density at radius 2 is 2.12 bits per heavy atom. The number of nitrogens with zero attached hydrogens (tertiary/aromatic N) is 2. The fourth-order valence-corrected chi connectivity index (χ4v) is 2.06. The molecule has 1 saturated heterocycles. The number of hydrogen-bond donors (Lipinski definition) is 2. The van der Waals surface area contributed by atoms with Gasteiger partial charge >= 0.3 is 5.97 Å². The second-order valence-electron chi connectivity index (χ2n) is 5.31. The standard InChI is InChI=1S/C11H23N3O2/c1-11(2,10(15)16)8-14-5-4-13(3)7-9(14)6-12/h9H,4-8,12H2,1-3H3,(H,15,16). The van der Waals surface area contributed by atoms with Gasteiger partial charge in [-0.15, -0.1) is 0 Å². The van der Waals surface area contributed by atoms with Gasteiger partial charge in [0, 0.05) is 38.8 Å². The van der Waals surface area contributed by atoms with Gasteiger partial charge in [0.1, 0.15) is 0 Å². The summed E-state index contributed by atoms with van der Waals surface area (Å²) in [5, 5.41) is 9.11. The number of piperazine rings is 1. The Kier molecular flexibility index (Phi) is 4.29. The van der Waals surface area contributed by atoms with Crippen LogP contribution in [-0.2, 0) is 4.79 Å². The van der Waals surface area contributed by atoms with Gasteiger partial charge < -0.3 is 15.7 Å². The van der Waals surface area contributed by atoms with E-state index < -0.39 is 11.4 Å². The van der Waals surface area contributed by atoms with Gasteiger partial charge in [-0.2, -0.15) is 0 Å². The number of carboxylic acid groups (broad SMARTS) is 1. The Morgan fingerprint density at radius 3 is 2.62 bits per heavy atom. The highest BCUT2D eigenvalue weighted by Gasteiger charge is 2.34. The third-order valence-corrected chi connectivity index (χ3v) is 3.26. The molecule has 0 aliphatic carbocycles. The molecule has 16 heavy (non-hydrogen) atoms. The van der Waals surface area contributed by atoms with E-state index in [1.165, 1.54) is 0 Å². The number of rotatable bonds is 4. The third-order valence-electron chi connectivity index (χ3n) is 3.26. The number of nitrogens with two attached hydrogens (primary N) is 1. The first kappa shape index (κ1) is 13.4. The lowest BCUT2D eigenvalue weighted by molar-refractivity contribution is -0.148. The van der Waals surface area contributed by atoms with Crippen molar-refractivity contribution < 1.29 is 9.90 Å². The lowest BCUT2D eigenvalue weighted by Gasteiger charge is -2.42. The molecule has 0 aromatic carbocycles. The molecule has 1 heterocycles. The van der Waals surface area contributed by atoms with Crippen molar-refractivity contribution in [1.29, 1.82) is 0 Å². The quantitative estimate of drug-likeness (QED) is 0.691. The average Bonchev–Trinajstić information content (AvgIpc) is 2.20. The van der Waals surface area contributed by atoms with Gasteiger partial charge in [-0.05, 0) is 20.9 Å². The van der Waals surface area contributed by atoms with Gasteiger partial charge in [-0.3, -0.25) is 9.69 Å². The Hall–Kier alpha value is -0.650. The molecule has 0 radical (unpaired) electrons. The summed E-state index contributed by atoms with van der Waals surface area (Å²) < 4.78 is 0. The summed E-state index contributed by atoms with van der Waals surface area (Å²) in [6.45, 7) is 7.48. The maximum atomic E-state index is 11.1. The third kappa shape index (κ3) is 3.17. The Labute approximate surface area is 97.2 Å². The number of likely N-dealkylation sites (N-methyl/N-ethyl adjacent to an activating group) is 1. The summed E-state index contributed by atoms with van der Waals surface area (Å²) in [6.07, 6.45) is 0. The fourth-order valence-electron chi connectivity index (χ4n) is 2.06. The first-order valence-corrected chi connectivity index (χ1v) is 5.73. The molecule has 1 aliphatic heterocycles. The van der Waals surface area contributed by atoms with Crippen LogP contribution in [0.1, 0.15) is 13.8 Å². The molecule has 0 aromatic heterocycles. The average molecular weight is 229 g/mol. The highest BCUT2D eigenvalue weighted by molar-refractivity contribution is 5.73. The van der Waals surface area contributed by atoms with Gasteiger partial charge in [-0.25, -0.2) is 0 Å². The molecule has 0 aromatic rings. The highest BCUT2D eigenvalue weighted by Crippen LogP contribution is 2.20. The van der Waals surface area contributed by atoms with Crippen LogP contribution in [0.2, 0.25) is 0 Å². The maximum absolute atomic E-state index is 11.1. The second-order valence-corrected chi connectivity index (χ2v) is 5.31. The summed E-state index contributed by atoms with van der Waals surface area (Å²) >= 11 is 0. The molecule has 1 aliphatic rings. The van der Waals surface area contributed by atoms with Gasteiger partial charge in [0.05, 0.1) is 5.41 Å². The van der Waals surface area contributed by atoms with Crippen LogP contribution in [0.3, 0.4) is 0 Å². The van der Waals surface area contributed by atoms with E-state index >= 15 is 0 Å². The Bertz CT molecular complexity index is 256. The molecule has 1 atom stereocenters. The van der Waals surface area contributed by atoms with Crippen LogP contribution in [0, 0.1) is 5.41 Å². The largest absolute Gasteiger partial charge is 0.481 e. The van der Waals surface area contributed by atoms with Crippen molar-refractivity contribution in [3.8, 4) is 0 Å². The lowest BCUT2D eigenvalue weighted by Crippen LogP contribution is -2.57. The molecular weight excluding hydrogens is 206 g/mol. The molecular formula is C11H23N3O2. The summed E-state index contributed by atoms with van der Waals surface area (Å²) in [5.74, 6) is -0.748. The lowest BCUT2D eigenvalue weighted by atomic mass is 9.92. The van der Waals surface area contributed by atoms with Crippen LogP contribution < -0.4 is 5.73 Å². The van der Waals surface area contributed by atoms with Crippen molar-refractivity contribution in [1.82, 2.24) is 9.80 Å². The van der Waals surface area contributed by atoms with Crippen LogP contribution in [0.5, 0.6) is 0 Å². The number of hydrogen-bond acceptors (Lipinski definition) is 4. The summed E-state index contributed by atoms with van der Waals surface area (Å²) in [7, 11) is 2.07. The zero-order valence-corrected chi connectivity index (χ0v) is 10.4. The minimum Gasteiger partial charge on any atom is -0.481 e. The van der Waals surface area contributed by atoms with Crippen LogP contribution >= 0.6 is 0 Å². The first-order valence-electron chi connectivity index (χ1n) is 5.73. The minimum atomic E-state index is -0.748. The zero-order chi connectivity index (χ0) is 12.3. The van der Waals surface area contributed by atoms with Gasteiger partial charge in [0.2, 0.25) is 0 Å². The summed E-state index contributed by atoms with van der Waals surface area (Å²) in [6, 6.07) is 0.275. The van der Waals surface area contributed by atoms with Crippen molar-refractivity contribution in [3.05, 3.63) is 0 Å². The van der Waals surface area contributed by atoms with E-state index in [-0.39, 0.29) is 6.04 Å². The smallest absolute Gasteiger partial charge is 0.310 e. The number of carboxylic acids is 1. The van der Waals surface area contributed by atoms with E-state index in [9.17, 15) is 4.79 Å². The molecule has 5 nitrogen and oxygen atoms in total. The molecule has 0 bridgehead atoms. The molecule has 1 unspecified atom stereocenters. The SMILES string of the molecule is CN1CCN(CC(C)(C)C(=O)O)C(CN)C1. The van der Waals surface area contributed by atoms with E-state index in [2.05, 4.69) is 16.8 Å². The van der Waals surface area contributed by atoms with Crippen molar-refractivity contribution in [2.45, 2.75) is 19.9 Å². The fraction of sp³-hybridized carbons (Fsp3) is 0.909. The van der Waals surface area contributed by atoms with E-state index in [1.54, 1.807) is 13.8 Å². The summed E-state index contributed by atoms with van der Waals surface area (Å²) in [4.78, 5) is 15.5. The normalized spacial score (nSPS) is 24.6. The van der Waals surface area contributed by atoms with Crippen molar-refractivity contribution >= 4 is 5.97 Å². The topological polar surface area (TPSA) is 69.8 Å². The molecule has 1 rings (SSSR count). The summed E-state index contributed by atoms with van der Waals surface area (Å²) in [5.41, 5.74) is 5.03. The second kappa shape index (κ2) is 5.12. The zero-order valence-electron chi connectivity index (χ0n) is 10.4. The van der Waals surface area contributed by atoms with Crippen LogP contribution in [0.25, 0.3) is 0 Å². The minimum absolute atomic E-state index is 0.275. The molecule has 1 fully saturated rings. The Morgan fingerprint density at radius 1 is 1.50 bits per heavy atom. The van der Waals surface area contributed by atoms with E-state index in [1.807, 2.05) is 0 Å². The van der Waals surface area contributed by atoms with Crippen molar-refractivity contribution in [2.24, 2.45) is 11.1 Å². The highest BCUT2D eigenvalue weighted by atomic mass is 16.4. The van der Waals surface area contributed by atoms with Crippen molar-refractivity contribution in [3.63, 3.8) is 0 Å². The van der Waals surface area contributed by atoms with E-state index in [4.69, 9.17) is 10.8 Å². The first-order chi connectivity index (χ1) is 7.36. The molecule has 94 valence electrons. The van der Waals surface area contributed by atoms with Gasteiger partial charge in [-0.1, -0.05) is 0 Å². The molecule has 3 N–H and O–H groups in total. The maximum Gasteiger partial charge on any atom is 0.310 e. The molecule has 0 spiro atoms. The van der Waals surface area contributed by atoms with Crippen molar-refractivity contribution in [2.75, 3.05) is 39.8 Å². The number of aliphatic carboxylic acids is 1. The predicted octanol–water partition coefficient (Wildman–Crippen LogP) is -0.328. The van der Waals surface area contributed by atoms with Gasteiger partial charge in [0.15, 0.2) is 0 Å². The predicted molar refractivity (Wildman–Crippen MR) is 63.3 cm³/mol. The monoisotopic (exact) mass is 229 g/mol.